The molecule has 106 valence electrons. The van der Waals surface area contributed by atoms with Gasteiger partial charge in [-0.1, -0.05) is 22.0 Å². The minimum absolute atomic E-state index is 0.0715. The van der Waals surface area contributed by atoms with Gasteiger partial charge in [0.15, 0.2) is 0 Å². The highest BCUT2D eigenvalue weighted by molar-refractivity contribution is 9.10. The third kappa shape index (κ3) is 3.49. The van der Waals surface area contributed by atoms with Gasteiger partial charge in [-0.05, 0) is 30.3 Å². The Balaban J connectivity index is 2.18. The summed E-state index contributed by atoms with van der Waals surface area (Å²) in [6, 6.07) is 9.64. The van der Waals surface area contributed by atoms with E-state index < -0.39 is 0 Å². The number of hydrogen-bond donors (Lipinski definition) is 2. The van der Waals surface area contributed by atoms with Gasteiger partial charge in [-0.2, -0.15) is 0 Å². The molecule has 0 aliphatic heterocycles. The number of hydrogen-bond acceptors (Lipinski definition) is 3. The highest BCUT2D eigenvalue weighted by atomic mass is 79.9. The van der Waals surface area contributed by atoms with Crippen LogP contribution in [-0.2, 0) is 17.9 Å². The van der Waals surface area contributed by atoms with Gasteiger partial charge in [-0.15, -0.1) is 0 Å². The average Bonchev–Trinajstić information content (AvgIpc) is 2.43. The number of methoxy groups -OCH3 is 1. The van der Waals surface area contributed by atoms with Crippen molar-refractivity contribution in [1.29, 1.82) is 0 Å². The van der Waals surface area contributed by atoms with Crippen molar-refractivity contribution in [3.8, 4) is 5.75 Å². The molecular formula is C15H15BrFNO2. The molecule has 3 nitrogen and oxygen atoms in total. The zero-order valence-electron chi connectivity index (χ0n) is 11.0. The van der Waals surface area contributed by atoms with Crippen molar-refractivity contribution >= 4 is 21.6 Å². The fourth-order valence-corrected chi connectivity index (χ4v) is 2.38. The zero-order chi connectivity index (χ0) is 14.5. The Hall–Kier alpha value is -1.59. The molecule has 0 aliphatic rings. The Kier molecular flexibility index (Phi) is 4.98. The predicted octanol–water partition coefficient (Wildman–Crippen LogP) is 4.05. The topological polar surface area (TPSA) is 41.5 Å². The van der Waals surface area contributed by atoms with E-state index in [2.05, 4.69) is 21.2 Å². The SMILES string of the molecule is COCc1c(Br)cccc1NCc1cc(F)ccc1O. The van der Waals surface area contributed by atoms with Gasteiger partial charge in [0.2, 0.25) is 0 Å². The summed E-state index contributed by atoms with van der Waals surface area (Å²) in [6.07, 6.45) is 0. The summed E-state index contributed by atoms with van der Waals surface area (Å²) in [5.41, 5.74) is 2.36. The number of benzene rings is 2. The first-order valence-corrected chi connectivity index (χ1v) is 6.88. The van der Waals surface area contributed by atoms with Gasteiger partial charge >= 0.3 is 0 Å². The first-order valence-electron chi connectivity index (χ1n) is 6.09. The van der Waals surface area contributed by atoms with Crippen LogP contribution in [0.4, 0.5) is 10.1 Å². The van der Waals surface area contributed by atoms with E-state index >= 15 is 0 Å². The number of phenols is 1. The van der Waals surface area contributed by atoms with Crippen LogP contribution in [0.3, 0.4) is 0 Å². The van der Waals surface area contributed by atoms with E-state index in [-0.39, 0.29) is 11.6 Å². The van der Waals surface area contributed by atoms with Crippen LogP contribution in [0.15, 0.2) is 40.9 Å². The van der Waals surface area contributed by atoms with Crippen LogP contribution in [0.5, 0.6) is 5.75 Å². The second-order valence-corrected chi connectivity index (χ2v) is 5.18. The largest absolute Gasteiger partial charge is 0.508 e. The quantitative estimate of drug-likeness (QED) is 0.863. The van der Waals surface area contributed by atoms with Crippen LogP contribution < -0.4 is 5.32 Å². The van der Waals surface area contributed by atoms with E-state index in [1.54, 1.807) is 7.11 Å². The van der Waals surface area contributed by atoms with Crippen LogP contribution in [0.25, 0.3) is 0 Å². The Morgan fingerprint density at radius 2 is 2.10 bits per heavy atom. The third-order valence-corrected chi connectivity index (χ3v) is 3.66. The van der Waals surface area contributed by atoms with Crippen LogP contribution >= 0.6 is 15.9 Å². The maximum absolute atomic E-state index is 13.2. The van der Waals surface area contributed by atoms with Crippen LogP contribution in [0.2, 0.25) is 0 Å². The Bertz CT molecular complexity index is 604. The summed E-state index contributed by atoms with van der Waals surface area (Å²) in [7, 11) is 1.63. The molecule has 5 heteroatoms. The molecule has 20 heavy (non-hydrogen) atoms. The minimum atomic E-state index is -0.369. The molecule has 0 spiro atoms. The lowest BCUT2D eigenvalue weighted by Gasteiger charge is -2.14. The number of rotatable bonds is 5. The van der Waals surface area contributed by atoms with Crippen LogP contribution in [0.1, 0.15) is 11.1 Å². The standard InChI is InChI=1S/C15H15BrFNO2/c1-20-9-12-13(16)3-2-4-14(12)18-8-10-7-11(17)5-6-15(10)19/h2-7,18-19H,8-9H2,1H3. The Morgan fingerprint density at radius 1 is 1.30 bits per heavy atom. The van der Waals surface area contributed by atoms with Crippen LogP contribution in [-0.4, -0.2) is 12.2 Å². The molecule has 0 fully saturated rings. The van der Waals surface area contributed by atoms with Gasteiger partial charge in [-0.25, -0.2) is 4.39 Å². The molecule has 0 saturated carbocycles. The van der Waals surface area contributed by atoms with Crippen molar-refractivity contribution in [3.63, 3.8) is 0 Å². The van der Waals surface area contributed by atoms with Gasteiger partial charge in [-0.3, -0.25) is 0 Å². The summed E-state index contributed by atoms with van der Waals surface area (Å²) < 4.78 is 19.3. The number of halogens is 2. The summed E-state index contributed by atoms with van der Waals surface area (Å²) in [5.74, 6) is -0.298. The number of phenolic OH excluding ortho intramolecular Hbond substituents is 1. The fraction of sp³-hybridized carbons (Fsp3) is 0.200. The van der Waals surface area contributed by atoms with E-state index in [4.69, 9.17) is 4.74 Å². The van der Waals surface area contributed by atoms with Gasteiger partial charge in [0.25, 0.3) is 0 Å². The highest BCUT2D eigenvalue weighted by Gasteiger charge is 2.08. The van der Waals surface area contributed by atoms with E-state index in [9.17, 15) is 9.50 Å². The molecule has 2 rings (SSSR count). The van der Waals surface area contributed by atoms with E-state index in [1.807, 2.05) is 18.2 Å². The van der Waals surface area contributed by atoms with Gasteiger partial charge in [0.05, 0.1) is 6.61 Å². The van der Waals surface area contributed by atoms with Gasteiger partial charge < -0.3 is 15.2 Å². The minimum Gasteiger partial charge on any atom is -0.508 e. The number of aromatic hydroxyl groups is 1. The van der Waals surface area contributed by atoms with Crippen molar-refractivity contribution in [3.05, 3.63) is 57.8 Å². The first-order chi connectivity index (χ1) is 9.61. The summed E-state index contributed by atoms with van der Waals surface area (Å²) >= 11 is 3.47. The Morgan fingerprint density at radius 3 is 2.85 bits per heavy atom. The first kappa shape index (κ1) is 14.8. The lowest BCUT2D eigenvalue weighted by atomic mass is 10.1. The molecule has 0 atom stereocenters. The van der Waals surface area contributed by atoms with Gasteiger partial charge in [0, 0.05) is 34.9 Å². The normalized spacial score (nSPS) is 10.6. The van der Waals surface area contributed by atoms with Crippen molar-refractivity contribution in [1.82, 2.24) is 0 Å². The smallest absolute Gasteiger partial charge is 0.123 e. The van der Waals surface area contributed by atoms with Crippen molar-refractivity contribution in [2.45, 2.75) is 13.2 Å². The second kappa shape index (κ2) is 6.72. The summed E-state index contributed by atoms with van der Waals surface area (Å²) in [6.45, 7) is 0.787. The fourth-order valence-electron chi connectivity index (χ4n) is 1.90. The molecule has 0 saturated heterocycles. The molecule has 0 aromatic heterocycles. The number of ether oxygens (including phenoxy) is 1. The molecule has 2 aromatic rings. The predicted molar refractivity (Wildman–Crippen MR) is 80.2 cm³/mol. The monoisotopic (exact) mass is 339 g/mol. The lowest BCUT2D eigenvalue weighted by molar-refractivity contribution is 0.185. The second-order valence-electron chi connectivity index (χ2n) is 4.33. The summed E-state index contributed by atoms with van der Waals surface area (Å²) in [5, 5.41) is 12.9. The van der Waals surface area contributed by atoms with Crippen molar-refractivity contribution in [2.75, 3.05) is 12.4 Å². The molecule has 0 aliphatic carbocycles. The lowest BCUT2D eigenvalue weighted by Crippen LogP contribution is -2.04. The van der Waals surface area contributed by atoms with Crippen LogP contribution in [0, 0.1) is 5.82 Å². The molecule has 0 heterocycles. The zero-order valence-corrected chi connectivity index (χ0v) is 12.6. The van der Waals surface area contributed by atoms with Gasteiger partial charge in [0.1, 0.15) is 11.6 Å². The average molecular weight is 340 g/mol. The molecule has 0 unspecified atom stereocenters. The maximum atomic E-state index is 13.2. The van der Waals surface area contributed by atoms with E-state index in [1.165, 1.54) is 18.2 Å². The third-order valence-electron chi connectivity index (χ3n) is 2.92. The summed E-state index contributed by atoms with van der Waals surface area (Å²) in [4.78, 5) is 0. The van der Waals surface area contributed by atoms with Crippen molar-refractivity contribution < 1.29 is 14.2 Å². The molecule has 2 aromatic carbocycles. The van der Waals surface area contributed by atoms with Crippen molar-refractivity contribution in [2.24, 2.45) is 0 Å². The molecule has 0 bridgehead atoms. The highest BCUT2D eigenvalue weighted by Crippen LogP contribution is 2.27. The van der Waals surface area contributed by atoms with E-state index in [0.29, 0.717) is 18.7 Å². The number of nitrogens with one attached hydrogen (secondary N) is 1. The Labute approximate surface area is 125 Å². The molecule has 0 radical (unpaired) electrons. The maximum Gasteiger partial charge on any atom is 0.123 e. The molecular weight excluding hydrogens is 325 g/mol. The molecule has 2 N–H and O–H groups in total. The molecule has 0 amide bonds. The number of anilines is 1. The van der Waals surface area contributed by atoms with E-state index in [0.717, 1.165) is 15.7 Å².